The number of hydrogen-bond acceptors (Lipinski definition) is 10. The predicted octanol–water partition coefficient (Wildman–Crippen LogP) is 3.86. The van der Waals surface area contributed by atoms with Crippen molar-refractivity contribution in [2.75, 3.05) is 38.5 Å². The summed E-state index contributed by atoms with van der Waals surface area (Å²) in [6.45, 7) is 11.3. The van der Waals surface area contributed by atoms with E-state index in [1.54, 1.807) is 63.3 Å². The Morgan fingerprint density at radius 1 is 1.00 bits per heavy atom. The van der Waals surface area contributed by atoms with Crippen LogP contribution < -0.4 is 5.32 Å². The summed E-state index contributed by atoms with van der Waals surface area (Å²) in [6.07, 6.45) is -0.241. The molecule has 0 bridgehead atoms. The zero-order valence-corrected chi connectivity index (χ0v) is 27.7. The van der Waals surface area contributed by atoms with Gasteiger partial charge < -0.3 is 29.0 Å². The highest BCUT2D eigenvalue weighted by molar-refractivity contribution is 5.99. The second-order valence-electron chi connectivity index (χ2n) is 13.9. The molecular weight excluding hydrogens is 602 g/mol. The minimum absolute atomic E-state index is 0.0471. The van der Waals surface area contributed by atoms with Crippen LogP contribution in [0.15, 0.2) is 18.6 Å². The third-order valence-electron chi connectivity index (χ3n) is 9.28. The molecule has 14 heteroatoms. The van der Waals surface area contributed by atoms with Gasteiger partial charge in [-0.05, 0) is 39.0 Å². The molecule has 1 spiro atoms. The molecule has 0 unspecified atom stereocenters. The molecule has 12 nitrogen and oxygen atoms in total. The number of carbonyl (C=O) groups excluding carboxylic acids is 3. The Labute approximate surface area is 268 Å². The Balaban J connectivity index is 1.54. The topological polar surface area (TPSA) is 128 Å². The Morgan fingerprint density at radius 2 is 1.63 bits per heavy atom. The van der Waals surface area contributed by atoms with Gasteiger partial charge in [-0.3, -0.25) is 19.3 Å². The molecule has 46 heavy (non-hydrogen) atoms. The van der Waals surface area contributed by atoms with Gasteiger partial charge in [0.15, 0.2) is 18.4 Å². The molecule has 2 aromatic rings. The molecule has 1 amide bonds. The van der Waals surface area contributed by atoms with Gasteiger partial charge in [0.1, 0.15) is 23.9 Å². The monoisotopic (exact) mass is 648 g/mol. The van der Waals surface area contributed by atoms with Gasteiger partial charge in [-0.2, -0.15) is 0 Å². The third kappa shape index (κ3) is 6.89. The van der Waals surface area contributed by atoms with Crippen molar-refractivity contribution in [3.8, 4) is 0 Å². The zero-order chi connectivity index (χ0) is 33.6. The van der Waals surface area contributed by atoms with E-state index in [4.69, 9.17) is 14.2 Å². The highest BCUT2D eigenvalue weighted by atomic mass is 19.3. The SMILES string of the molecule is CC(C)C(=O)Nc1ncnc2c1ccn2[C@@H]1O[C@H](CN2CC(F)(F)CC23CCN(C)CC3)[C@@H](OC(=O)C(C)C)[C@H]1OC(=O)C(C)C. The fourth-order valence-corrected chi connectivity index (χ4v) is 6.52. The first kappa shape index (κ1) is 34.1. The number of nitrogens with zero attached hydrogens (tertiary/aromatic N) is 5. The summed E-state index contributed by atoms with van der Waals surface area (Å²) in [7, 11) is 1.98. The summed E-state index contributed by atoms with van der Waals surface area (Å²) in [5.74, 6) is -5.13. The lowest BCUT2D eigenvalue weighted by molar-refractivity contribution is -0.172. The van der Waals surface area contributed by atoms with Crippen molar-refractivity contribution < 1.29 is 37.4 Å². The second-order valence-corrected chi connectivity index (χ2v) is 13.9. The van der Waals surface area contributed by atoms with E-state index in [0.717, 1.165) is 0 Å². The lowest BCUT2D eigenvalue weighted by atomic mass is 9.84. The van der Waals surface area contributed by atoms with E-state index in [9.17, 15) is 14.4 Å². The molecule has 5 heterocycles. The summed E-state index contributed by atoms with van der Waals surface area (Å²) < 4.78 is 50.5. The molecule has 1 N–H and O–H groups in total. The van der Waals surface area contributed by atoms with Crippen molar-refractivity contribution in [1.82, 2.24) is 24.3 Å². The van der Waals surface area contributed by atoms with Gasteiger partial charge in [-0.1, -0.05) is 41.5 Å². The number of anilines is 1. The number of fused-ring (bicyclic) bond motifs is 1. The average molecular weight is 649 g/mol. The van der Waals surface area contributed by atoms with Crippen LogP contribution in [0.2, 0.25) is 0 Å². The first-order valence-corrected chi connectivity index (χ1v) is 16.1. The maximum Gasteiger partial charge on any atom is 0.308 e. The van der Waals surface area contributed by atoms with Gasteiger partial charge in [-0.15, -0.1) is 0 Å². The summed E-state index contributed by atoms with van der Waals surface area (Å²) >= 11 is 0. The van der Waals surface area contributed by atoms with Gasteiger partial charge in [-0.25, -0.2) is 18.7 Å². The molecule has 0 radical (unpaired) electrons. The number of likely N-dealkylation sites (tertiary alicyclic amines) is 2. The summed E-state index contributed by atoms with van der Waals surface area (Å²) in [6, 6.07) is 1.72. The van der Waals surface area contributed by atoms with Crippen molar-refractivity contribution >= 4 is 34.7 Å². The van der Waals surface area contributed by atoms with Crippen LogP contribution in [0.3, 0.4) is 0 Å². The number of esters is 2. The number of carbonyl (C=O) groups is 3. The van der Waals surface area contributed by atoms with E-state index >= 15 is 8.78 Å². The Hall–Kier alpha value is -3.23. The average Bonchev–Trinajstić information content (AvgIpc) is 3.62. The quantitative estimate of drug-likeness (QED) is 0.401. The Morgan fingerprint density at radius 3 is 2.24 bits per heavy atom. The number of nitrogens with one attached hydrogen (secondary N) is 1. The normalized spacial score (nSPS) is 26.4. The molecule has 4 atom stereocenters. The van der Waals surface area contributed by atoms with Crippen LogP contribution in [-0.2, 0) is 28.6 Å². The number of alkyl halides is 2. The molecule has 0 aliphatic carbocycles. The van der Waals surface area contributed by atoms with Crippen LogP contribution in [0, 0.1) is 17.8 Å². The molecule has 2 aromatic heterocycles. The van der Waals surface area contributed by atoms with E-state index < -0.39 is 66.3 Å². The Bertz CT molecular complexity index is 1440. The second kappa shape index (κ2) is 13.1. The summed E-state index contributed by atoms with van der Waals surface area (Å²) in [5, 5.41) is 3.34. The number of amides is 1. The number of hydrogen-bond donors (Lipinski definition) is 1. The molecule has 5 rings (SSSR count). The minimum Gasteiger partial charge on any atom is -0.455 e. The third-order valence-corrected chi connectivity index (χ3v) is 9.28. The van der Waals surface area contributed by atoms with Crippen LogP contribution in [0.4, 0.5) is 14.6 Å². The highest BCUT2D eigenvalue weighted by Crippen LogP contribution is 2.47. The molecule has 254 valence electrons. The molecule has 3 aliphatic rings. The predicted molar refractivity (Wildman–Crippen MR) is 165 cm³/mol. The highest BCUT2D eigenvalue weighted by Gasteiger charge is 2.58. The van der Waals surface area contributed by atoms with Crippen molar-refractivity contribution in [3.63, 3.8) is 0 Å². The fourth-order valence-electron chi connectivity index (χ4n) is 6.52. The molecule has 0 saturated carbocycles. The van der Waals surface area contributed by atoms with E-state index in [2.05, 4.69) is 20.2 Å². The Kier molecular flexibility index (Phi) is 9.72. The molecule has 3 saturated heterocycles. The van der Waals surface area contributed by atoms with Crippen molar-refractivity contribution in [1.29, 1.82) is 0 Å². The smallest absolute Gasteiger partial charge is 0.308 e. The number of halogens is 2. The van der Waals surface area contributed by atoms with E-state index in [0.29, 0.717) is 42.8 Å². The maximum absolute atomic E-state index is 15.1. The van der Waals surface area contributed by atoms with Gasteiger partial charge in [0.25, 0.3) is 5.92 Å². The van der Waals surface area contributed by atoms with Crippen LogP contribution in [0.25, 0.3) is 11.0 Å². The molecule has 3 fully saturated rings. The van der Waals surface area contributed by atoms with Crippen LogP contribution in [-0.4, -0.2) is 105 Å². The van der Waals surface area contributed by atoms with Gasteiger partial charge >= 0.3 is 11.9 Å². The number of piperidine rings is 1. The number of rotatable bonds is 9. The lowest BCUT2D eigenvalue weighted by Gasteiger charge is -2.44. The van der Waals surface area contributed by atoms with Crippen molar-refractivity contribution in [3.05, 3.63) is 18.6 Å². The van der Waals surface area contributed by atoms with Crippen molar-refractivity contribution in [2.24, 2.45) is 17.8 Å². The fraction of sp³-hybridized carbons (Fsp3) is 0.719. The molecule has 3 aliphatic heterocycles. The van der Waals surface area contributed by atoms with Gasteiger partial charge in [0.2, 0.25) is 5.91 Å². The zero-order valence-electron chi connectivity index (χ0n) is 27.7. The van der Waals surface area contributed by atoms with Crippen LogP contribution >= 0.6 is 0 Å². The minimum atomic E-state index is -2.88. The van der Waals surface area contributed by atoms with E-state index in [1.807, 2.05) is 7.05 Å². The van der Waals surface area contributed by atoms with Crippen molar-refractivity contribution in [2.45, 2.75) is 96.8 Å². The molecule has 0 aromatic carbocycles. The number of ether oxygens (including phenoxy) is 3. The lowest BCUT2D eigenvalue weighted by Crippen LogP contribution is -2.54. The number of aromatic nitrogens is 3. The van der Waals surface area contributed by atoms with Gasteiger partial charge in [0, 0.05) is 30.6 Å². The van der Waals surface area contributed by atoms with Crippen LogP contribution in [0.1, 0.15) is 67.0 Å². The molecular formula is C32H46F2N6O6. The van der Waals surface area contributed by atoms with Crippen LogP contribution in [0.5, 0.6) is 0 Å². The first-order valence-electron chi connectivity index (χ1n) is 16.1. The van der Waals surface area contributed by atoms with E-state index in [1.165, 1.54) is 6.33 Å². The summed E-state index contributed by atoms with van der Waals surface area (Å²) in [4.78, 5) is 51.2. The first-order chi connectivity index (χ1) is 21.6. The standard InChI is InChI=1S/C32H46F2N6O6/c1-18(2)27(41)37-25-21-8-11-40(26(21)36-17-35-25)28-24(46-30(43)20(5)6)23(45-29(42)19(3)4)22(44-28)14-39-16-32(33,34)15-31(39)9-12-38(7)13-10-31/h8,11,17-20,22-24,28H,9-10,12-16H2,1-7H3,(H,35,36,37,41)/t22-,23-,24-,28-/m1/s1. The summed E-state index contributed by atoms with van der Waals surface area (Å²) in [5.41, 5.74) is -0.343. The largest absolute Gasteiger partial charge is 0.455 e. The van der Waals surface area contributed by atoms with Gasteiger partial charge in [0.05, 0.1) is 23.8 Å². The van der Waals surface area contributed by atoms with E-state index in [-0.39, 0.29) is 24.8 Å². The maximum atomic E-state index is 15.1.